The van der Waals surface area contributed by atoms with E-state index in [1.54, 1.807) is 18.2 Å². The fourth-order valence-electron chi connectivity index (χ4n) is 1.30. The average molecular weight is 222 g/mol. The molecular weight excluding hydrogens is 204 g/mol. The summed E-state index contributed by atoms with van der Waals surface area (Å²) < 4.78 is 5.11. The third-order valence-corrected chi connectivity index (χ3v) is 2.14. The molecule has 0 aliphatic heterocycles. The van der Waals surface area contributed by atoms with Crippen LogP contribution in [-0.2, 0) is 0 Å². The highest BCUT2D eigenvalue weighted by molar-refractivity contribution is 5.97. The Morgan fingerprint density at radius 2 is 2.19 bits per heavy atom. The van der Waals surface area contributed by atoms with Crippen LogP contribution in [0.1, 0.15) is 24.2 Å². The first-order valence-electron chi connectivity index (χ1n) is 5.26. The highest BCUT2D eigenvalue weighted by Gasteiger charge is 2.12. The van der Waals surface area contributed by atoms with Crippen LogP contribution in [0, 0.1) is 5.92 Å². The van der Waals surface area contributed by atoms with E-state index in [-0.39, 0.29) is 5.91 Å². The van der Waals surface area contributed by atoms with Gasteiger partial charge in [-0.1, -0.05) is 13.8 Å². The summed E-state index contributed by atoms with van der Waals surface area (Å²) in [6.07, 6.45) is 0. The molecule has 0 heterocycles. The van der Waals surface area contributed by atoms with Gasteiger partial charge in [-0.05, 0) is 24.1 Å². The summed E-state index contributed by atoms with van der Waals surface area (Å²) in [4.78, 5) is 11.8. The van der Waals surface area contributed by atoms with Crippen molar-refractivity contribution in [1.82, 2.24) is 5.32 Å². The van der Waals surface area contributed by atoms with Crippen LogP contribution in [0.15, 0.2) is 18.2 Å². The molecule has 0 spiro atoms. The third kappa shape index (κ3) is 3.15. The zero-order chi connectivity index (χ0) is 12.1. The van der Waals surface area contributed by atoms with Crippen molar-refractivity contribution < 1.29 is 9.53 Å². The van der Waals surface area contributed by atoms with E-state index in [1.807, 2.05) is 13.8 Å². The van der Waals surface area contributed by atoms with Crippen LogP contribution in [0.25, 0.3) is 0 Å². The molecule has 0 saturated heterocycles. The molecule has 1 aromatic carbocycles. The number of nitrogens with two attached hydrogens (primary N) is 1. The van der Waals surface area contributed by atoms with E-state index in [0.29, 0.717) is 29.5 Å². The molecule has 0 unspecified atom stereocenters. The first-order chi connectivity index (χ1) is 7.54. The lowest BCUT2D eigenvalue weighted by Gasteiger charge is -2.11. The monoisotopic (exact) mass is 222 g/mol. The van der Waals surface area contributed by atoms with Gasteiger partial charge in [0.2, 0.25) is 0 Å². The predicted molar refractivity (Wildman–Crippen MR) is 64.6 cm³/mol. The number of anilines is 1. The summed E-state index contributed by atoms with van der Waals surface area (Å²) in [6, 6.07) is 5.02. The van der Waals surface area contributed by atoms with Gasteiger partial charge in [0.1, 0.15) is 5.75 Å². The zero-order valence-corrected chi connectivity index (χ0v) is 9.91. The standard InChI is InChI=1S/C12H18N2O2/c1-8(2)7-14-12(15)10-6-9(13)4-5-11(10)16-3/h4-6,8H,7,13H2,1-3H3,(H,14,15). The highest BCUT2D eigenvalue weighted by atomic mass is 16.5. The molecule has 16 heavy (non-hydrogen) atoms. The van der Waals surface area contributed by atoms with Crippen molar-refractivity contribution in [3.63, 3.8) is 0 Å². The predicted octanol–water partition coefficient (Wildman–Crippen LogP) is 1.66. The van der Waals surface area contributed by atoms with Crippen molar-refractivity contribution in [1.29, 1.82) is 0 Å². The van der Waals surface area contributed by atoms with Crippen molar-refractivity contribution in [3.8, 4) is 5.75 Å². The number of hydrogen-bond acceptors (Lipinski definition) is 3. The molecule has 4 heteroatoms. The highest BCUT2D eigenvalue weighted by Crippen LogP contribution is 2.20. The molecule has 0 radical (unpaired) electrons. The minimum Gasteiger partial charge on any atom is -0.496 e. The SMILES string of the molecule is COc1ccc(N)cc1C(=O)NCC(C)C. The van der Waals surface area contributed by atoms with Crippen LogP contribution < -0.4 is 15.8 Å². The molecule has 0 fully saturated rings. The Bertz CT molecular complexity index is 375. The molecule has 0 bridgehead atoms. The van der Waals surface area contributed by atoms with Gasteiger partial charge >= 0.3 is 0 Å². The van der Waals surface area contributed by atoms with Crippen LogP contribution in [-0.4, -0.2) is 19.6 Å². The van der Waals surface area contributed by atoms with Crippen LogP contribution in [0.5, 0.6) is 5.75 Å². The first-order valence-corrected chi connectivity index (χ1v) is 5.26. The molecule has 4 nitrogen and oxygen atoms in total. The van der Waals surface area contributed by atoms with E-state index in [1.165, 1.54) is 7.11 Å². The van der Waals surface area contributed by atoms with Gasteiger partial charge in [0.05, 0.1) is 12.7 Å². The minimum atomic E-state index is -0.155. The van der Waals surface area contributed by atoms with Crippen molar-refractivity contribution in [2.24, 2.45) is 5.92 Å². The van der Waals surface area contributed by atoms with Gasteiger partial charge in [0, 0.05) is 12.2 Å². The summed E-state index contributed by atoms with van der Waals surface area (Å²) >= 11 is 0. The van der Waals surface area contributed by atoms with E-state index >= 15 is 0 Å². The number of methoxy groups -OCH3 is 1. The molecule has 0 atom stereocenters. The lowest BCUT2D eigenvalue weighted by molar-refractivity contribution is 0.0946. The Morgan fingerprint density at radius 1 is 1.50 bits per heavy atom. The normalized spacial score (nSPS) is 10.2. The largest absolute Gasteiger partial charge is 0.496 e. The number of hydrogen-bond donors (Lipinski definition) is 2. The Hall–Kier alpha value is -1.71. The maximum Gasteiger partial charge on any atom is 0.255 e. The smallest absolute Gasteiger partial charge is 0.255 e. The molecule has 1 amide bonds. The lowest BCUT2D eigenvalue weighted by atomic mass is 10.1. The number of ether oxygens (including phenoxy) is 1. The van der Waals surface area contributed by atoms with Gasteiger partial charge in [-0.15, -0.1) is 0 Å². The van der Waals surface area contributed by atoms with Gasteiger partial charge in [0.25, 0.3) is 5.91 Å². The van der Waals surface area contributed by atoms with E-state index < -0.39 is 0 Å². The molecule has 0 aliphatic carbocycles. The number of benzene rings is 1. The Balaban J connectivity index is 2.84. The Morgan fingerprint density at radius 3 is 2.75 bits per heavy atom. The minimum absolute atomic E-state index is 0.155. The van der Waals surface area contributed by atoms with E-state index in [2.05, 4.69) is 5.32 Å². The van der Waals surface area contributed by atoms with E-state index in [9.17, 15) is 4.79 Å². The van der Waals surface area contributed by atoms with Crippen LogP contribution >= 0.6 is 0 Å². The number of amides is 1. The van der Waals surface area contributed by atoms with Crippen molar-refractivity contribution in [2.45, 2.75) is 13.8 Å². The van der Waals surface area contributed by atoms with Crippen molar-refractivity contribution in [2.75, 3.05) is 19.4 Å². The number of rotatable bonds is 4. The average Bonchev–Trinajstić information content (AvgIpc) is 2.25. The number of carbonyl (C=O) groups is 1. The maximum atomic E-state index is 11.8. The molecule has 0 aliphatic rings. The molecule has 0 aromatic heterocycles. The molecule has 0 saturated carbocycles. The van der Waals surface area contributed by atoms with Gasteiger partial charge < -0.3 is 15.8 Å². The van der Waals surface area contributed by atoms with Gasteiger partial charge in [0.15, 0.2) is 0 Å². The maximum absolute atomic E-state index is 11.8. The molecule has 1 rings (SSSR count). The second-order valence-electron chi connectivity index (χ2n) is 4.06. The summed E-state index contributed by atoms with van der Waals surface area (Å²) in [7, 11) is 1.53. The molecule has 3 N–H and O–H groups in total. The second-order valence-corrected chi connectivity index (χ2v) is 4.06. The summed E-state index contributed by atoms with van der Waals surface area (Å²) in [5, 5.41) is 2.83. The van der Waals surface area contributed by atoms with Gasteiger partial charge in [-0.25, -0.2) is 0 Å². The summed E-state index contributed by atoms with van der Waals surface area (Å²) in [6.45, 7) is 4.71. The molecule has 88 valence electrons. The van der Waals surface area contributed by atoms with Crippen molar-refractivity contribution in [3.05, 3.63) is 23.8 Å². The molecule has 1 aromatic rings. The first kappa shape index (κ1) is 12.4. The van der Waals surface area contributed by atoms with Crippen LogP contribution in [0.4, 0.5) is 5.69 Å². The summed E-state index contributed by atoms with van der Waals surface area (Å²) in [5.41, 5.74) is 6.67. The fraction of sp³-hybridized carbons (Fsp3) is 0.417. The Labute approximate surface area is 95.8 Å². The van der Waals surface area contributed by atoms with E-state index in [0.717, 1.165) is 0 Å². The third-order valence-electron chi connectivity index (χ3n) is 2.14. The number of nitrogens with one attached hydrogen (secondary N) is 1. The van der Waals surface area contributed by atoms with Gasteiger partial charge in [-0.3, -0.25) is 4.79 Å². The fourth-order valence-corrected chi connectivity index (χ4v) is 1.30. The summed E-state index contributed by atoms with van der Waals surface area (Å²) in [5.74, 6) is 0.796. The number of nitrogen functional groups attached to an aromatic ring is 1. The number of carbonyl (C=O) groups excluding carboxylic acids is 1. The Kier molecular flexibility index (Phi) is 4.17. The van der Waals surface area contributed by atoms with Crippen LogP contribution in [0.2, 0.25) is 0 Å². The molecular formula is C12H18N2O2. The van der Waals surface area contributed by atoms with E-state index in [4.69, 9.17) is 10.5 Å². The quantitative estimate of drug-likeness (QED) is 0.761. The van der Waals surface area contributed by atoms with Crippen LogP contribution in [0.3, 0.4) is 0 Å². The lowest BCUT2D eigenvalue weighted by Crippen LogP contribution is -2.27. The topological polar surface area (TPSA) is 64.3 Å². The zero-order valence-electron chi connectivity index (χ0n) is 9.91. The second kappa shape index (κ2) is 5.39. The van der Waals surface area contributed by atoms with Crippen molar-refractivity contribution >= 4 is 11.6 Å². The van der Waals surface area contributed by atoms with Gasteiger partial charge in [-0.2, -0.15) is 0 Å².